The maximum atomic E-state index is 11.9. The molecular formula is C13H9BrN2O2. The van der Waals surface area contributed by atoms with Crippen LogP contribution in [-0.2, 0) is 4.79 Å². The molecule has 0 saturated carbocycles. The summed E-state index contributed by atoms with van der Waals surface area (Å²) in [6.07, 6.45) is 3.23. The van der Waals surface area contributed by atoms with Crippen LogP contribution >= 0.6 is 15.9 Å². The Hall–Kier alpha value is -2.01. The van der Waals surface area contributed by atoms with Crippen LogP contribution in [0.15, 0.2) is 51.2 Å². The molecule has 2 heterocycles. The van der Waals surface area contributed by atoms with Crippen molar-refractivity contribution in [3.8, 4) is 0 Å². The van der Waals surface area contributed by atoms with Crippen molar-refractivity contribution in [3.63, 3.8) is 0 Å². The van der Waals surface area contributed by atoms with Crippen molar-refractivity contribution in [2.45, 2.75) is 0 Å². The highest BCUT2D eigenvalue weighted by Crippen LogP contribution is 2.31. The predicted octanol–water partition coefficient (Wildman–Crippen LogP) is 3.45. The highest BCUT2D eigenvalue weighted by atomic mass is 79.9. The average molecular weight is 305 g/mol. The topological polar surface area (TPSA) is 54.3 Å². The monoisotopic (exact) mass is 304 g/mol. The van der Waals surface area contributed by atoms with E-state index >= 15 is 0 Å². The van der Waals surface area contributed by atoms with Gasteiger partial charge < -0.3 is 15.1 Å². The van der Waals surface area contributed by atoms with Gasteiger partial charge in [-0.1, -0.05) is 15.9 Å². The summed E-state index contributed by atoms with van der Waals surface area (Å²) in [6, 6.07) is 9.23. The van der Waals surface area contributed by atoms with E-state index in [4.69, 9.17) is 4.42 Å². The van der Waals surface area contributed by atoms with Gasteiger partial charge in [0.25, 0.3) is 5.91 Å². The van der Waals surface area contributed by atoms with Crippen LogP contribution in [0.5, 0.6) is 0 Å². The van der Waals surface area contributed by atoms with Crippen LogP contribution in [0.25, 0.3) is 6.08 Å². The molecule has 18 heavy (non-hydrogen) atoms. The number of carbonyl (C=O) groups excluding carboxylic acids is 1. The fraction of sp³-hybridized carbons (Fsp3) is 0. The Morgan fingerprint density at radius 1 is 1.17 bits per heavy atom. The van der Waals surface area contributed by atoms with Crippen molar-refractivity contribution in [1.82, 2.24) is 0 Å². The molecule has 0 atom stereocenters. The van der Waals surface area contributed by atoms with Crippen LogP contribution in [0.4, 0.5) is 11.4 Å². The molecule has 5 heteroatoms. The second-order valence-electron chi connectivity index (χ2n) is 3.84. The molecule has 0 spiro atoms. The van der Waals surface area contributed by atoms with Gasteiger partial charge in [0.15, 0.2) is 0 Å². The first kappa shape index (κ1) is 11.1. The van der Waals surface area contributed by atoms with E-state index in [-0.39, 0.29) is 5.91 Å². The van der Waals surface area contributed by atoms with E-state index in [9.17, 15) is 4.79 Å². The molecule has 0 unspecified atom stereocenters. The highest BCUT2D eigenvalue weighted by molar-refractivity contribution is 9.10. The van der Waals surface area contributed by atoms with Crippen LogP contribution in [0, 0.1) is 0 Å². The maximum Gasteiger partial charge on any atom is 0.272 e. The van der Waals surface area contributed by atoms with Crippen molar-refractivity contribution in [2.24, 2.45) is 0 Å². The minimum atomic E-state index is -0.183. The summed E-state index contributed by atoms with van der Waals surface area (Å²) in [4.78, 5) is 11.9. The number of nitrogens with one attached hydrogen (secondary N) is 2. The summed E-state index contributed by atoms with van der Waals surface area (Å²) in [5.41, 5.74) is 2.07. The van der Waals surface area contributed by atoms with E-state index in [1.54, 1.807) is 24.5 Å². The number of benzene rings is 1. The molecule has 2 aromatic rings. The van der Waals surface area contributed by atoms with Gasteiger partial charge >= 0.3 is 0 Å². The molecule has 2 N–H and O–H groups in total. The predicted molar refractivity (Wildman–Crippen MR) is 73.1 cm³/mol. The van der Waals surface area contributed by atoms with Crippen LogP contribution in [-0.4, -0.2) is 5.91 Å². The summed E-state index contributed by atoms with van der Waals surface area (Å²) in [7, 11) is 0. The van der Waals surface area contributed by atoms with Gasteiger partial charge in [-0.25, -0.2) is 0 Å². The third-order valence-corrected chi connectivity index (χ3v) is 3.07. The largest absolute Gasteiger partial charge is 0.465 e. The molecule has 1 aromatic carbocycles. The van der Waals surface area contributed by atoms with E-state index < -0.39 is 0 Å². The molecular weight excluding hydrogens is 296 g/mol. The van der Waals surface area contributed by atoms with Gasteiger partial charge in [-0.15, -0.1) is 0 Å². The third kappa shape index (κ3) is 2.04. The number of furan rings is 1. The van der Waals surface area contributed by atoms with Crippen LogP contribution in [0.3, 0.4) is 0 Å². The van der Waals surface area contributed by atoms with Gasteiger partial charge in [-0.2, -0.15) is 0 Å². The molecule has 0 aliphatic carbocycles. The second kappa shape index (κ2) is 4.34. The lowest BCUT2D eigenvalue weighted by Gasteiger charge is -2.21. The molecule has 0 saturated heterocycles. The Morgan fingerprint density at radius 3 is 2.83 bits per heavy atom. The maximum absolute atomic E-state index is 11.9. The fourth-order valence-electron chi connectivity index (χ4n) is 1.74. The first-order valence-electron chi connectivity index (χ1n) is 5.35. The van der Waals surface area contributed by atoms with Crippen molar-refractivity contribution in [3.05, 3.63) is 52.5 Å². The van der Waals surface area contributed by atoms with Gasteiger partial charge in [0.1, 0.15) is 11.5 Å². The van der Waals surface area contributed by atoms with Gasteiger partial charge in [-0.3, -0.25) is 4.79 Å². The van der Waals surface area contributed by atoms with Gasteiger partial charge in [0.2, 0.25) is 0 Å². The number of amides is 1. The molecule has 0 bridgehead atoms. The van der Waals surface area contributed by atoms with E-state index in [1.807, 2.05) is 18.2 Å². The van der Waals surface area contributed by atoms with E-state index in [2.05, 4.69) is 26.6 Å². The molecule has 1 amide bonds. The minimum absolute atomic E-state index is 0.183. The first-order chi connectivity index (χ1) is 8.72. The van der Waals surface area contributed by atoms with Crippen LogP contribution < -0.4 is 10.6 Å². The standard InChI is InChI=1S/C13H9BrN2O2/c14-8-3-4-10-11(6-8)16-13(17)12(15-10)7-9-2-1-5-18-9/h1-7,15H,(H,16,17)/b12-7-. The number of fused-ring (bicyclic) bond motifs is 1. The quantitative estimate of drug-likeness (QED) is 0.793. The number of rotatable bonds is 1. The zero-order valence-corrected chi connectivity index (χ0v) is 10.8. The Bertz CT molecular complexity index is 632. The van der Waals surface area contributed by atoms with E-state index in [0.717, 1.165) is 15.8 Å². The third-order valence-electron chi connectivity index (χ3n) is 2.57. The lowest BCUT2D eigenvalue weighted by Crippen LogP contribution is -2.25. The lowest BCUT2D eigenvalue weighted by molar-refractivity contribution is -0.112. The molecule has 90 valence electrons. The Kier molecular flexibility index (Phi) is 2.68. The fourth-order valence-corrected chi connectivity index (χ4v) is 2.10. The molecule has 1 aliphatic rings. The summed E-state index contributed by atoms with van der Waals surface area (Å²) < 4.78 is 6.11. The summed E-state index contributed by atoms with van der Waals surface area (Å²) in [5, 5.41) is 5.90. The van der Waals surface area contributed by atoms with Crippen molar-refractivity contribution in [2.75, 3.05) is 10.6 Å². The lowest BCUT2D eigenvalue weighted by atomic mass is 10.2. The molecule has 1 aliphatic heterocycles. The van der Waals surface area contributed by atoms with Gasteiger partial charge in [0.05, 0.1) is 17.6 Å². The minimum Gasteiger partial charge on any atom is -0.465 e. The molecule has 0 radical (unpaired) electrons. The highest BCUT2D eigenvalue weighted by Gasteiger charge is 2.19. The van der Waals surface area contributed by atoms with Crippen LogP contribution in [0.2, 0.25) is 0 Å². The van der Waals surface area contributed by atoms with Gasteiger partial charge in [0, 0.05) is 10.5 Å². The van der Waals surface area contributed by atoms with Crippen molar-refractivity contribution < 1.29 is 9.21 Å². The van der Waals surface area contributed by atoms with E-state index in [0.29, 0.717) is 11.5 Å². The summed E-state index contributed by atoms with van der Waals surface area (Å²) in [6.45, 7) is 0. The van der Waals surface area contributed by atoms with Crippen LogP contribution in [0.1, 0.15) is 5.76 Å². The van der Waals surface area contributed by atoms with Crippen molar-refractivity contribution in [1.29, 1.82) is 0 Å². The van der Waals surface area contributed by atoms with Gasteiger partial charge in [-0.05, 0) is 30.3 Å². The number of halogens is 1. The molecule has 4 nitrogen and oxygen atoms in total. The molecule has 0 fully saturated rings. The normalized spacial score (nSPS) is 16.1. The zero-order chi connectivity index (χ0) is 12.5. The average Bonchev–Trinajstić information content (AvgIpc) is 2.83. The number of hydrogen-bond donors (Lipinski definition) is 2. The smallest absolute Gasteiger partial charge is 0.272 e. The Balaban J connectivity index is 1.97. The SMILES string of the molecule is O=C1Nc2cc(Br)ccc2N/C1=C\c1ccco1. The molecule has 3 rings (SSSR count). The van der Waals surface area contributed by atoms with E-state index in [1.165, 1.54) is 0 Å². The molecule has 1 aromatic heterocycles. The Labute approximate surface area is 112 Å². The number of carbonyl (C=O) groups is 1. The zero-order valence-electron chi connectivity index (χ0n) is 9.24. The van der Waals surface area contributed by atoms with Crippen molar-refractivity contribution >= 4 is 39.3 Å². The summed E-state index contributed by atoms with van der Waals surface area (Å²) in [5.74, 6) is 0.449. The second-order valence-corrected chi connectivity index (χ2v) is 4.76. The first-order valence-corrected chi connectivity index (χ1v) is 6.15. The summed E-state index contributed by atoms with van der Waals surface area (Å²) >= 11 is 3.37. The number of hydrogen-bond acceptors (Lipinski definition) is 3. The Morgan fingerprint density at radius 2 is 2.06 bits per heavy atom. The number of anilines is 2.